The minimum Gasteiger partial charge on any atom is -0.488 e. The van der Waals surface area contributed by atoms with Crippen LogP contribution in [0.3, 0.4) is 0 Å². The molecule has 1 aliphatic heterocycles. The molecule has 1 aromatic rings. The van der Waals surface area contributed by atoms with Crippen molar-refractivity contribution in [1.82, 2.24) is 0 Å². The Balaban J connectivity index is 1.69. The van der Waals surface area contributed by atoms with Gasteiger partial charge >= 0.3 is 12.1 Å². The molecule has 168 valence electrons. The molecule has 6 nitrogen and oxygen atoms in total. The Bertz CT molecular complexity index is 894. The maximum atomic E-state index is 14.5. The Morgan fingerprint density at radius 2 is 1.77 bits per heavy atom. The molecule has 3 rings (SSSR count). The third-order valence-electron chi connectivity index (χ3n) is 5.05. The Morgan fingerprint density at radius 1 is 1.16 bits per heavy atom. The number of hydrogen-bond acceptors (Lipinski definition) is 5. The van der Waals surface area contributed by atoms with E-state index in [1.165, 1.54) is 0 Å². The van der Waals surface area contributed by atoms with E-state index < -0.39 is 48.2 Å². The lowest BCUT2D eigenvalue weighted by Gasteiger charge is -2.19. The van der Waals surface area contributed by atoms with E-state index in [0.717, 1.165) is 42.0 Å². The van der Waals surface area contributed by atoms with Crippen LogP contribution in [-0.4, -0.2) is 37.2 Å². The normalized spacial score (nSPS) is 21.5. The third-order valence-corrected chi connectivity index (χ3v) is 5.35. The average Bonchev–Trinajstić information content (AvgIpc) is 2.95. The van der Waals surface area contributed by atoms with E-state index in [0.29, 0.717) is 12.8 Å². The summed E-state index contributed by atoms with van der Waals surface area (Å²) in [6.45, 7) is -2.02. The monoisotopic (exact) mass is 463 g/mol. The highest BCUT2D eigenvalue weighted by Crippen LogP contribution is 2.42. The van der Waals surface area contributed by atoms with Gasteiger partial charge in [0.05, 0.1) is 22.5 Å². The second-order valence-electron chi connectivity index (χ2n) is 7.18. The van der Waals surface area contributed by atoms with E-state index in [9.17, 15) is 31.9 Å². The van der Waals surface area contributed by atoms with Crippen molar-refractivity contribution in [3.05, 3.63) is 35.1 Å². The first-order valence-electron chi connectivity index (χ1n) is 9.48. The molecule has 1 aliphatic carbocycles. The van der Waals surface area contributed by atoms with Gasteiger partial charge in [0.25, 0.3) is 0 Å². The van der Waals surface area contributed by atoms with Crippen LogP contribution in [0.1, 0.15) is 25.7 Å². The van der Waals surface area contributed by atoms with Crippen LogP contribution in [0.4, 0.5) is 23.2 Å². The van der Waals surface area contributed by atoms with Crippen LogP contribution in [0.15, 0.2) is 24.3 Å². The molecular weight excluding hydrogens is 446 g/mol. The van der Waals surface area contributed by atoms with Gasteiger partial charge < -0.3 is 9.47 Å². The van der Waals surface area contributed by atoms with E-state index in [-0.39, 0.29) is 23.1 Å². The van der Waals surface area contributed by atoms with Crippen molar-refractivity contribution in [3.63, 3.8) is 0 Å². The SMILES string of the molecule is O=C(/C=C/COc1cc(N2C(=O)C3CCCCC3C2=O)c(F)cc1Cl)OCC(F)(F)F. The smallest absolute Gasteiger partial charge is 0.422 e. The number of carbonyl (C=O) groups excluding carboxylic acids is 3. The molecule has 31 heavy (non-hydrogen) atoms. The molecule has 0 bridgehead atoms. The van der Waals surface area contributed by atoms with Crippen molar-refractivity contribution in [2.45, 2.75) is 31.9 Å². The Morgan fingerprint density at radius 3 is 2.35 bits per heavy atom. The van der Waals surface area contributed by atoms with Crippen molar-refractivity contribution < 1.29 is 41.4 Å². The molecule has 0 spiro atoms. The molecule has 1 saturated heterocycles. The molecule has 1 saturated carbocycles. The van der Waals surface area contributed by atoms with Crippen LogP contribution in [0.25, 0.3) is 0 Å². The van der Waals surface area contributed by atoms with Crippen LogP contribution in [0.2, 0.25) is 5.02 Å². The minimum atomic E-state index is -4.64. The highest BCUT2D eigenvalue weighted by atomic mass is 35.5. The van der Waals surface area contributed by atoms with Gasteiger partial charge in [-0.05, 0) is 25.0 Å². The van der Waals surface area contributed by atoms with Gasteiger partial charge in [-0.3, -0.25) is 9.59 Å². The summed E-state index contributed by atoms with van der Waals surface area (Å²) in [4.78, 5) is 37.4. The zero-order valence-corrected chi connectivity index (χ0v) is 16.8. The van der Waals surface area contributed by atoms with Crippen molar-refractivity contribution in [2.75, 3.05) is 18.1 Å². The average molecular weight is 464 g/mol. The number of fused-ring (bicyclic) bond motifs is 1. The molecule has 2 unspecified atom stereocenters. The van der Waals surface area contributed by atoms with Gasteiger partial charge in [0.1, 0.15) is 18.2 Å². The number of alkyl halides is 3. The summed E-state index contributed by atoms with van der Waals surface area (Å²) in [5.74, 6) is -4.02. The highest BCUT2D eigenvalue weighted by molar-refractivity contribution is 6.32. The number of nitrogens with zero attached hydrogens (tertiary/aromatic N) is 1. The number of anilines is 1. The first-order valence-corrected chi connectivity index (χ1v) is 9.86. The lowest BCUT2D eigenvalue weighted by molar-refractivity contribution is -0.182. The van der Waals surface area contributed by atoms with E-state index >= 15 is 0 Å². The largest absolute Gasteiger partial charge is 0.488 e. The van der Waals surface area contributed by atoms with E-state index in [2.05, 4.69) is 4.74 Å². The molecule has 2 aliphatic rings. The molecule has 2 fully saturated rings. The summed E-state index contributed by atoms with van der Waals surface area (Å²) in [5.41, 5.74) is -0.280. The summed E-state index contributed by atoms with van der Waals surface area (Å²) in [7, 11) is 0. The molecule has 2 atom stereocenters. The Hall–Kier alpha value is -2.62. The fourth-order valence-electron chi connectivity index (χ4n) is 3.68. The van der Waals surface area contributed by atoms with Gasteiger partial charge in [0.2, 0.25) is 11.8 Å². The second kappa shape index (κ2) is 9.25. The number of halogens is 5. The number of esters is 1. The van der Waals surface area contributed by atoms with Gasteiger partial charge in [0.15, 0.2) is 6.61 Å². The Labute approximate surface area is 179 Å². The molecule has 1 heterocycles. The zero-order valence-electron chi connectivity index (χ0n) is 16.1. The molecule has 0 radical (unpaired) electrons. The summed E-state index contributed by atoms with van der Waals surface area (Å²) in [5, 5.41) is -0.147. The van der Waals surface area contributed by atoms with Crippen LogP contribution in [0, 0.1) is 17.7 Å². The lowest BCUT2D eigenvalue weighted by atomic mass is 9.81. The van der Waals surface area contributed by atoms with Gasteiger partial charge in [0, 0.05) is 12.1 Å². The first-order chi connectivity index (χ1) is 14.6. The van der Waals surface area contributed by atoms with Crippen LogP contribution in [0.5, 0.6) is 5.75 Å². The van der Waals surface area contributed by atoms with Gasteiger partial charge in [-0.1, -0.05) is 24.4 Å². The van der Waals surface area contributed by atoms with Crippen molar-refractivity contribution in [2.24, 2.45) is 11.8 Å². The van der Waals surface area contributed by atoms with Crippen molar-refractivity contribution in [1.29, 1.82) is 0 Å². The number of hydrogen-bond donors (Lipinski definition) is 0. The van der Waals surface area contributed by atoms with Crippen molar-refractivity contribution in [3.8, 4) is 5.75 Å². The summed E-state index contributed by atoms with van der Waals surface area (Å²) >= 11 is 5.95. The fourth-order valence-corrected chi connectivity index (χ4v) is 3.89. The summed E-state index contributed by atoms with van der Waals surface area (Å²) < 4.78 is 59.8. The van der Waals surface area contributed by atoms with E-state index in [1.807, 2.05) is 0 Å². The lowest BCUT2D eigenvalue weighted by Crippen LogP contribution is -2.31. The summed E-state index contributed by atoms with van der Waals surface area (Å²) in [6.07, 6.45) is -0.0351. The molecule has 0 N–H and O–H groups in total. The van der Waals surface area contributed by atoms with Crippen LogP contribution < -0.4 is 9.64 Å². The van der Waals surface area contributed by atoms with Gasteiger partial charge in [-0.15, -0.1) is 0 Å². The first kappa shape index (κ1) is 23.1. The molecule has 0 aromatic heterocycles. The molecule has 2 amide bonds. The second-order valence-corrected chi connectivity index (χ2v) is 7.59. The number of imide groups is 1. The fraction of sp³-hybridized carbons (Fsp3) is 0.450. The number of benzene rings is 1. The predicted molar refractivity (Wildman–Crippen MR) is 101 cm³/mol. The molecule has 1 aromatic carbocycles. The quantitative estimate of drug-likeness (QED) is 0.274. The summed E-state index contributed by atoms with van der Waals surface area (Å²) in [6, 6.07) is 2.01. The van der Waals surface area contributed by atoms with Gasteiger partial charge in [-0.2, -0.15) is 13.2 Å². The Kier molecular flexibility index (Phi) is 6.88. The van der Waals surface area contributed by atoms with Crippen molar-refractivity contribution >= 4 is 35.1 Å². The standard InChI is InChI=1S/C20H18ClF4NO5/c21-13-8-14(22)15(26-18(28)11-4-1-2-5-12(11)19(26)29)9-16(13)30-7-3-6-17(27)31-10-20(23,24)25/h3,6,8-9,11-12H,1-2,4-5,7,10H2/b6-3+. The minimum absolute atomic E-state index is 0.0677. The highest BCUT2D eigenvalue weighted by Gasteiger charge is 2.49. The predicted octanol–water partition coefficient (Wildman–Crippen LogP) is 4.20. The molecular formula is C20H18ClF4NO5. The third kappa shape index (κ3) is 5.36. The van der Waals surface area contributed by atoms with Crippen LogP contribution in [-0.2, 0) is 19.1 Å². The van der Waals surface area contributed by atoms with E-state index in [4.69, 9.17) is 16.3 Å². The van der Waals surface area contributed by atoms with Crippen LogP contribution >= 0.6 is 11.6 Å². The maximum Gasteiger partial charge on any atom is 0.422 e. The molecule has 11 heteroatoms. The topological polar surface area (TPSA) is 72.9 Å². The maximum absolute atomic E-state index is 14.5. The number of rotatable bonds is 6. The zero-order chi connectivity index (χ0) is 22.8. The number of ether oxygens (including phenoxy) is 2. The number of carbonyl (C=O) groups is 3. The number of amides is 2. The van der Waals surface area contributed by atoms with E-state index in [1.54, 1.807) is 0 Å². The van der Waals surface area contributed by atoms with Gasteiger partial charge in [-0.25, -0.2) is 14.1 Å².